The third-order valence-corrected chi connectivity index (χ3v) is 3.67. The molecule has 112 valence electrons. The second-order valence-electron chi connectivity index (χ2n) is 5.49. The Balaban J connectivity index is 0.000000409. The van der Waals surface area contributed by atoms with Crippen molar-refractivity contribution in [3.05, 3.63) is 36.0 Å². The summed E-state index contributed by atoms with van der Waals surface area (Å²) in [4.78, 5) is 14.7. The van der Waals surface area contributed by atoms with E-state index < -0.39 is 0 Å². The predicted molar refractivity (Wildman–Crippen MR) is 83.5 cm³/mol. The van der Waals surface area contributed by atoms with Crippen LogP contribution < -0.4 is 10.8 Å². The van der Waals surface area contributed by atoms with Crippen LogP contribution in [0.3, 0.4) is 0 Å². The molecule has 1 fully saturated rings. The lowest BCUT2D eigenvalue weighted by molar-refractivity contribution is -0.211. The van der Waals surface area contributed by atoms with E-state index in [9.17, 15) is 0 Å². The standard InChI is InChI=1S/C13H13N3O2.C3H8/c14-18-17-10-1-2-11-12(5-15-13(11)4-10)8-3-9-7-16(9)6-8;1-3-2/h1-5,9,15H,6-7,14H2;3H2,1-2H3. The summed E-state index contributed by atoms with van der Waals surface area (Å²) in [5.74, 6) is 5.47. The summed E-state index contributed by atoms with van der Waals surface area (Å²) < 4.78 is 0. The van der Waals surface area contributed by atoms with Gasteiger partial charge in [0, 0.05) is 47.9 Å². The van der Waals surface area contributed by atoms with Crippen LogP contribution in [0.15, 0.2) is 30.5 Å². The van der Waals surface area contributed by atoms with E-state index in [1.54, 1.807) is 0 Å². The number of H-pyrrole nitrogens is 1. The molecule has 3 N–H and O–H groups in total. The van der Waals surface area contributed by atoms with Gasteiger partial charge in [0.1, 0.15) is 0 Å². The molecule has 2 unspecified atom stereocenters. The van der Waals surface area contributed by atoms with E-state index in [0.29, 0.717) is 11.8 Å². The van der Waals surface area contributed by atoms with Crippen molar-refractivity contribution in [2.75, 3.05) is 13.1 Å². The minimum Gasteiger partial charge on any atom is -0.360 e. The first kappa shape index (κ1) is 14.1. The molecule has 5 nitrogen and oxygen atoms in total. The fraction of sp³-hybridized carbons (Fsp3) is 0.375. The number of hydrogen-bond donors (Lipinski definition) is 2. The molecule has 4 rings (SSSR count). The fourth-order valence-corrected chi connectivity index (χ4v) is 2.69. The lowest BCUT2D eigenvalue weighted by Gasteiger charge is -2.03. The maximum Gasteiger partial charge on any atom is 0.169 e. The van der Waals surface area contributed by atoms with Crippen LogP contribution in [0.4, 0.5) is 0 Å². The number of nitrogens with zero attached hydrogens (tertiary/aromatic N) is 1. The summed E-state index contributed by atoms with van der Waals surface area (Å²) in [6, 6.07) is 6.43. The van der Waals surface area contributed by atoms with Crippen LogP contribution in [-0.2, 0) is 4.99 Å². The number of benzene rings is 1. The summed E-state index contributed by atoms with van der Waals surface area (Å²) in [5.41, 5.74) is 3.70. The Morgan fingerprint density at radius 2 is 2.19 bits per heavy atom. The Labute approximate surface area is 124 Å². The van der Waals surface area contributed by atoms with Crippen LogP contribution in [0.2, 0.25) is 0 Å². The third kappa shape index (κ3) is 2.81. The first-order valence-corrected chi connectivity index (χ1v) is 7.36. The van der Waals surface area contributed by atoms with Crippen molar-refractivity contribution in [2.24, 2.45) is 5.90 Å². The first-order chi connectivity index (χ1) is 10.3. The highest BCUT2D eigenvalue weighted by atomic mass is 17.3. The normalized spacial score (nSPS) is 22.3. The lowest BCUT2D eigenvalue weighted by Crippen LogP contribution is -2.02. The number of nitrogens with two attached hydrogens (primary N) is 1. The Morgan fingerprint density at radius 1 is 1.38 bits per heavy atom. The van der Waals surface area contributed by atoms with Crippen LogP contribution in [0.5, 0.6) is 5.75 Å². The van der Waals surface area contributed by atoms with Crippen LogP contribution in [0.25, 0.3) is 16.5 Å². The zero-order valence-corrected chi connectivity index (χ0v) is 12.4. The summed E-state index contributed by atoms with van der Waals surface area (Å²) in [7, 11) is 0. The lowest BCUT2D eigenvalue weighted by atomic mass is 10.0. The van der Waals surface area contributed by atoms with Gasteiger partial charge in [0.25, 0.3) is 0 Å². The topological polar surface area (TPSA) is 63.3 Å². The largest absolute Gasteiger partial charge is 0.360 e. The molecule has 0 saturated carbocycles. The van der Waals surface area contributed by atoms with E-state index in [2.05, 4.69) is 41.0 Å². The zero-order valence-electron chi connectivity index (χ0n) is 12.4. The number of aromatic nitrogens is 1. The van der Waals surface area contributed by atoms with Gasteiger partial charge in [0.15, 0.2) is 5.75 Å². The van der Waals surface area contributed by atoms with Gasteiger partial charge in [-0.15, -0.1) is 0 Å². The molecule has 1 saturated heterocycles. The molecule has 0 aliphatic carbocycles. The van der Waals surface area contributed by atoms with E-state index in [1.807, 2.05) is 18.2 Å². The highest BCUT2D eigenvalue weighted by molar-refractivity contribution is 5.94. The molecule has 0 spiro atoms. The van der Waals surface area contributed by atoms with Crippen molar-refractivity contribution >= 4 is 16.5 Å². The van der Waals surface area contributed by atoms with Crippen molar-refractivity contribution in [1.82, 2.24) is 9.88 Å². The molecule has 3 heterocycles. The highest BCUT2D eigenvalue weighted by Gasteiger charge is 2.38. The van der Waals surface area contributed by atoms with Gasteiger partial charge in [-0.1, -0.05) is 31.3 Å². The third-order valence-electron chi connectivity index (χ3n) is 3.67. The molecule has 0 radical (unpaired) electrons. The maximum absolute atomic E-state index is 4.88. The number of aromatic amines is 1. The molecule has 2 aromatic rings. The van der Waals surface area contributed by atoms with Gasteiger partial charge in [-0.2, -0.15) is 5.90 Å². The van der Waals surface area contributed by atoms with Crippen molar-refractivity contribution < 1.29 is 9.88 Å². The molecule has 5 heteroatoms. The van der Waals surface area contributed by atoms with E-state index in [-0.39, 0.29) is 0 Å². The van der Waals surface area contributed by atoms with Gasteiger partial charge in [-0.25, -0.2) is 0 Å². The van der Waals surface area contributed by atoms with Crippen molar-refractivity contribution in [1.29, 1.82) is 0 Å². The number of rotatable bonds is 3. The molecule has 2 aliphatic heterocycles. The van der Waals surface area contributed by atoms with Gasteiger partial charge in [0.05, 0.1) is 0 Å². The van der Waals surface area contributed by atoms with Crippen molar-refractivity contribution in [2.45, 2.75) is 26.3 Å². The Kier molecular flexibility index (Phi) is 3.96. The Bertz CT molecular complexity index is 663. The quantitative estimate of drug-likeness (QED) is 0.517. The minimum absolute atomic E-state index is 0.588. The summed E-state index contributed by atoms with van der Waals surface area (Å²) in [6.07, 6.45) is 5.66. The smallest absolute Gasteiger partial charge is 0.169 e. The van der Waals surface area contributed by atoms with E-state index in [4.69, 9.17) is 10.8 Å². The fourth-order valence-electron chi connectivity index (χ4n) is 2.69. The van der Waals surface area contributed by atoms with E-state index in [1.165, 1.54) is 29.5 Å². The molecule has 21 heavy (non-hydrogen) atoms. The summed E-state index contributed by atoms with van der Waals surface area (Å²) >= 11 is 0. The molecule has 1 aromatic heterocycles. The Hall–Kier alpha value is -1.82. The second kappa shape index (κ2) is 5.89. The van der Waals surface area contributed by atoms with Gasteiger partial charge >= 0.3 is 0 Å². The molecular weight excluding hydrogens is 266 g/mol. The average Bonchev–Trinajstić information content (AvgIpc) is 2.91. The average molecular weight is 287 g/mol. The monoisotopic (exact) mass is 287 g/mol. The van der Waals surface area contributed by atoms with Crippen molar-refractivity contribution in [3.63, 3.8) is 0 Å². The van der Waals surface area contributed by atoms with Gasteiger partial charge in [-0.05, 0) is 17.7 Å². The predicted octanol–water partition coefficient (Wildman–Crippen LogP) is 2.85. The molecule has 0 amide bonds. The number of hydrogen-bond acceptors (Lipinski definition) is 4. The molecule has 2 atom stereocenters. The van der Waals surface area contributed by atoms with Crippen LogP contribution >= 0.6 is 0 Å². The molecule has 1 aromatic carbocycles. The van der Waals surface area contributed by atoms with Crippen LogP contribution in [0, 0.1) is 0 Å². The Morgan fingerprint density at radius 3 is 2.86 bits per heavy atom. The number of nitrogens with one attached hydrogen (secondary N) is 1. The van der Waals surface area contributed by atoms with E-state index in [0.717, 1.165) is 12.1 Å². The minimum atomic E-state index is 0.588. The van der Waals surface area contributed by atoms with Crippen LogP contribution in [0.1, 0.15) is 25.8 Å². The second-order valence-corrected chi connectivity index (χ2v) is 5.49. The summed E-state index contributed by atoms with van der Waals surface area (Å²) in [5, 5.41) is 1.20. The van der Waals surface area contributed by atoms with Crippen molar-refractivity contribution in [3.8, 4) is 5.75 Å². The van der Waals surface area contributed by atoms with Crippen LogP contribution in [-0.4, -0.2) is 29.0 Å². The van der Waals surface area contributed by atoms with Gasteiger partial charge in [-0.3, -0.25) is 4.90 Å². The van der Waals surface area contributed by atoms with Gasteiger partial charge < -0.3 is 9.87 Å². The van der Waals surface area contributed by atoms with Gasteiger partial charge in [0.2, 0.25) is 0 Å². The molecular formula is C16H21N3O2. The van der Waals surface area contributed by atoms with E-state index >= 15 is 0 Å². The number of fused-ring (bicyclic) bond motifs is 2. The molecule has 2 aliphatic rings. The summed E-state index contributed by atoms with van der Waals surface area (Å²) in [6.45, 7) is 6.53. The highest BCUT2D eigenvalue weighted by Crippen LogP contribution is 2.36. The molecule has 0 bridgehead atoms. The zero-order chi connectivity index (χ0) is 14.8. The SMILES string of the molecule is CCC.NOOc1ccc2c(C3=CC4CN4C3)c[nH]c2c1. The first-order valence-electron chi connectivity index (χ1n) is 7.36. The maximum atomic E-state index is 4.88.